The van der Waals surface area contributed by atoms with Crippen LogP contribution in [0.1, 0.15) is 16.7 Å². The smallest absolute Gasteiger partial charge is 0.294 e. The number of halogens is 6. The zero-order valence-corrected chi connectivity index (χ0v) is 21.3. The second-order valence-corrected chi connectivity index (χ2v) is 9.85. The van der Waals surface area contributed by atoms with Crippen LogP contribution in [0.5, 0.6) is 0 Å². The Morgan fingerprint density at radius 1 is 0.524 bits per heavy atom. The number of alkyl halides is 6. The number of fused-ring (bicyclic) bond motifs is 6. The Balaban J connectivity index is 1.54. The molecule has 4 aromatic carbocycles. The Bertz CT molecular complexity index is 2100. The molecule has 0 atom stereocenters. The van der Waals surface area contributed by atoms with Gasteiger partial charge in [0.15, 0.2) is 0 Å². The van der Waals surface area contributed by atoms with Crippen molar-refractivity contribution in [2.75, 3.05) is 0 Å². The van der Waals surface area contributed by atoms with Gasteiger partial charge in [0.1, 0.15) is 11.6 Å². The highest BCUT2D eigenvalue weighted by Gasteiger charge is 2.32. The first-order valence-electron chi connectivity index (χ1n) is 12.7. The molecule has 0 saturated heterocycles. The van der Waals surface area contributed by atoms with Gasteiger partial charge in [0.2, 0.25) is 0 Å². The largest absolute Gasteiger partial charge is 0.416 e. The van der Waals surface area contributed by atoms with Gasteiger partial charge in [-0.1, -0.05) is 36.4 Å². The number of hydrogen-bond acceptors (Lipinski definition) is 2. The number of nitriles is 1. The van der Waals surface area contributed by atoms with Crippen LogP contribution in [-0.4, -0.2) is 14.1 Å². The summed E-state index contributed by atoms with van der Waals surface area (Å²) in [5.74, 6) is 0.542. The summed E-state index contributed by atoms with van der Waals surface area (Å²) in [5, 5.41) is 11.8. The van der Waals surface area contributed by atoms with E-state index in [1.54, 1.807) is 57.7 Å². The number of aromatic nitrogens is 3. The summed E-state index contributed by atoms with van der Waals surface area (Å²) in [6.45, 7) is 0. The third-order valence-corrected chi connectivity index (χ3v) is 7.39. The molecule has 0 radical (unpaired) electrons. The van der Waals surface area contributed by atoms with Crippen molar-refractivity contribution >= 4 is 43.6 Å². The molecule has 0 aliphatic rings. The highest BCUT2D eigenvalue weighted by atomic mass is 19.4. The lowest BCUT2D eigenvalue weighted by molar-refractivity contribution is -0.138. The predicted molar refractivity (Wildman–Crippen MR) is 148 cm³/mol. The first-order valence-corrected chi connectivity index (χ1v) is 12.7. The van der Waals surface area contributed by atoms with Crippen molar-refractivity contribution in [1.29, 1.82) is 5.26 Å². The van der Waals surface area contributed by atoms with Crippen LogP contribution in [0.25, 0.3) is 55.2 Å². The quantitative estimate of drug-likeness (QED) is 0.195. The van der Waals surface area contributed by atoms with Gasteiger partial charge >= 0.3 is 12.4 Å². The van der Waals surface area contributed by atoms with Crippen molar-refractivity contribution in [3.63, 3.8) is 0 Å². The number of benzene rings is 4. The lowest BCUT2D eigenvalue weighted by Crippen LogP contribution is -2.06. The minimum atomic E-state index is -4.54. The van der Waals surface area contributed by atoms with Crippen LogP contribution in [0.3, 0.4) is 0 Å². The molecule has 0 unspecified atom stereocenters. The zero-order chi connectivity index (χ0) is 29.4. The van der Waals surface area contributed by atoms with Gasteiger partial charge < -0.3 is 0 Å². The fourth-order valence-electron chi connectivity index (χ4n) is 5.59. The molecule has 206 valence electrons. The summed E-state index contributed by atoms with van der Waals surface area (Å²) in [7, 11) is 0. The molecule has 42 heavy (non-hydrogen) atoms. The van der Waals surface area contributed by atoms with Crippen molar-refractivity contribution in [3.05, 3.63) is 114 Å². The number of nitrogens with zero attached hydrogens (tertiary/aromatic N) is 4. The fourth-order valence-corrected chi connectivity index (χ4v) is 5.59. The molecular formula is C32H16F6N4. The summed E-state index contributed by atoms with van der Waals surface area (Å²) in [5.41, 5.74) is 0.701. The third kappa shape index (κ3) is 3.89. The Hall–Kier alpha value is -5.30. The van der Waals surface area contributed by atoms with E-state index in [1.807, 2.05) is 0 Å². The molecule has 0 fully saturated rings. The summed E-state index contributed by atoms with van der Waals surface area (Å²) in [6, 6.07) is 26.0. The molecule has 7 aromatic rings. The molecule has 0 amide bonds. The van der Waals surface area contributed by atoms with Crippen molar-refractivity contribution in [2.24, 2.45) is 0 Å². The number of rotatable bonds is 2. The van der Waals surface area contributed by atoms with E-state index >= 15 is 0 Å². The number of para-hydroxylation sites is 2. The molecule has 0 N–H and O–H groups in total. The first-order chi connectivity index (χ1) is 20.0. The van der Waals surface area contributed by atoms with Gasteiger partial charge in [0, 0.05) is 21.5 Å². The van der Waals surface area contributed by atoms with Crippen molar-refractivity contribution < 1.29 is 26.3 Å². The second-order valence-electron chi connectivity index (χ2n) is 9.85. The van der Waals surface area contributed by atoms with Crippen LogP contribution in [0.4, 0.5) is 26.3 Å². The Kier molecular flexibility index (Phi) is 5.40. The average molecular weight is 570 g/mol. The SMILES string of the molecule is N#Cc1cc(-n2c3ccccc3c3cc(C(F)(F)F)ccc32)nc(-n2c3ccccc3c3cc(C(F)(F)F)ccc32)c1. The molecule has 4 nitrogen and oxygen atoms in total. The minimum absolute atomic E-state index is 0.214. The van der Waals surface area contributed by atoms with E-state index in [1.165, 1.54) is 24.3 Å². The van der Waals surface area contributed by atoms with Crippen LogP contribution in [0.2, 0.25) is 0 Å². The topological polar surface area (TPSA) is 46.5 Å². The lowest BCUT2D eigenvalue weighted by atomic mass is 10.1. The standard InChI is InChI=1S/C32H16F6N4/c33-31(34,35)19-9-11-27-23(15-19)21-5-1-3-7-25(21)41(27)29-13-18(17-39)14-30(40-29)42-26-8-4-2-6-22(26)24-16-20(32(36,37)38)10-12-28(24)42/h1-16H. The maximum atomic E-state index is 13.6. The van der Waals surface area contributed by atoms with E-state index in [9.17, 15) is 31.6 Å². The number of pyridine rings is 1. The van der Waals surface area contributed by atoms with E-state index in [4.69, 9.17) is 4.98 Å². The van der Waals surface area contributed by atoms with E-state index in [0.29, 0.717) is 43.6 Å². The van der Waals surface area contributed by atoms with Crippen molar-refractivity contribution in [1.82, 2.24) is 14.1 Å². The highest BCUT2D eigenvalue weighted by Crippen LogP contribution is 2.39. The average Bonchev–Trinajstić information content (AvgIpc) is 3.48. The van der Waals surface area contributed by atoms with E-state index in [0.717, 1.165) is 24.3 Å². The van der Waals surface area contributed by atoms with Crippen LogP contribution < -0.4 is 0 Å². The van der Waals surface area contributed by atoms with Gasteiger partial charge in [0.05, 0.1) is 44.8 Å². The van der Waals surface area contributed by atoms with E-state index < -0.39 is 23.5 Å². The Morgan fingerprint density at radius 2 is 0.929 bits per heavy atom. The molecule has 7 rings (SSSR count). The molecule has 10 heteroatoms. The monoisotopic (exact) mass is 570 g/mol. The van der Waals surface area contributed by atoms with Gasteiger partial charge in [-0.15, -0.1) is 0 Å². The summed E-state index contributed by atoms with van der Waals surface area (Å²) < 4.78 is 84.8. The first kappa shape index (κ1) is 25.7. The Morgan fingerprint density at radius 3 is 1.33 bits per heavy atom. The molecule has 0 spiro atoms. The summed E-state index contributed by atoms with van der Waals surface area (Å²) in [4.78, 5) is 4.84. The maximum absolute atomic E-state index is 13.6. The van der Waals surface area contributed by atoms with Crippen molar-refractivity contribution in [2.45, 2.75) is 12.4 Å². The van der Waals surface area contributed by atoms with Crippen LogP contribution in [-0.2, 0) is 12.4 Å². The van der Waals surface area contributed by atoms with Gasteiger partial charge in [-0.25, -0.2) is 4.98 Å². The zero-order valence-electron chi connectivity index (χ0n) is 21.3. The summed E-state index contributed by atoms with van der Waals surface area (Å²) >= 11 is 0. The summed E-state index contributed by atoms with van der Waals surface area (Å²) in [6.07, 6.45) is -9.07. The normalized spacial score (nSPS) is 12.5. The van der Waals surface area contributed by atoms with E-state index in [-0.39, 0.29) is 17.2 Å². The highest BCUT2D eigenvalue weighted by molar-refractivity contribution is 6.10. The van der Waals surface area contributed by atoms with Crippen LogP contribution in [0.15, 0.2) is 97.1 Å². The van der Waals surface area contributed by atoms with Crippen LogP contribution >= 0.6 is 0 Å². The third-order valence-electron chi connectivity index (χ3n) is 7.39. The second kappa shape index (κ2) is 8.85. The predicted octanol–water partition coefficient (Wildman–Crippen LogP) is 9.19. The molecule has 0 bridgehead atoms. The van der Waals surface area contributed by atoms with Gasteiger partial charge in [0.25, 0.3) is 0 Å². The van der Waals surface area contributed by atoms with Gasteiger partial charge in [-0.2, -0.15) is 31.6 Å². The van der Waals surface area contributed by atoms with E-state index in [2.05, 4.69) is 6.07 Å². The molecule has 0 aliphatic heterocycles. The molecule has 0 saturated carbocycles. The minimum Gasteiger partial charge on any atom is -0.294 e. The molecular weight excluding hydrogens is 554 g/mol. The molecule has 3 heterocycles. The Labute approximate surface area is 233 Å². The lowest BCUT2D eigenvalue weighted by Gasteiger charge is -2.13. The maximum Gasteiger partial charge on any atom is 0.416 e. The van der Waals surface area contributed by atoms with Gasteiger partial charge in [-0.3, -0.25) is 9.13 Å². The fraction of sp³-hybridized carbons (Fsp3) is 0.0625. The van der Waals surface area contributed by atoms with Gasteiger partial charge in [-0.05, 0) is 60.7 Å². The molecule has 3 aromatic heterocycles. The molecule has 0 aliphatic carbocycles. The van der Waals surface area contributed by atoms with Crippen molar-refractivity contribution in [3.8, 4) is 17.7 Å². The number of hydrogen-bond donors (Lipinski definition) is 0. The van der Waals surface area contributed by atoms with Crippen LogP contribution in [0, 0.1) is 11.3 Å².